The fourth-order valence-electron chi connectivity index (χ4n) is 2.75. The monoisotopic (exact) mass is 421 g/mol. The Bertz CT molecular complexity index is 729. The van der Waals surface area contributed by atoms with Crippen molar-refractivity contribution in [2.75, 3.05) is 39.4 Å². The first-order valence-electron chi connectivity index (χ1n) is 8.78. The van der Waals surface area contributed by atoms with Crippen LogP contribution in [0.3, 0.4) is 0 Å². The Morgan fingerprint density at radius 3 is 2.56 bits per heavy atom. The topological polar surface area (TPSA) is 97.0 Å². The van der Waals surface area contributed by atoms with E-state index in [4.69, 9.17) is 9.47 Å². The van der Waals surface area contributed by atoms with Crippen LogP contribution < -0.4 is 19.5 Å². The largest absolute Gasteiger partial charge is 0.490 e. The molecule has 1 saturated heterocycles. The number of nitrogens with zero attached hydrogens (tertiary/aromatic N) is 1. The Hall–Kier alpha value is -1.55. The van der Waals surface area contributed by atoms with Gasteiger partial charge in [0.1, 0.15) is 0 Å². The van der Waals surface area contributed by atoms with Crippen LogP contribution in [0.4, 0.5) is 0 Å². The first kappa shape index (κ1) is 23.5. The van der Waals surface area contributed by atoms with Crippen LogP contribution in [0, 0.1) is 0 Å². The van der Waals surface area contributed by atoms with Crippen molar-refractivity contribution in [3.05, 3.63) is 18.2 Å². The van der Waals surface area contributed by atoms with Crippen molar-refractivity contribution < 1.29 is 22.7 Å². The molecule has 1 aliphatic rings. The number of ether oxygens (including phenoxy) is 2. The third-order valence-electron chi connectivity index (χ3n) is 4.06. The molecule has 0 aliphatic carbocycles. The molecule has 0 aromatic heterocycles. The Morgan fingerprint density at radius 2 is 1.93 bits per heavy atom. The van der Waals surface area contributed by atoms with Crippen LogP contribution in [-0.2, 0) is 14.8 Å². The van der Waals surface area contributed by atoms with Gasteiger partial charge in [-0.2, -0.15) is 0 Å². The lowest BCUT2D eigenvalue weighted by molar-refractivity contribution is -0.132. The van der Waals surface area contributed by atoms with Gasteiger partial charge in [-0.1, -0.05) is 0 Å². The minimum Gasteiger partial charge on any atom is -0.490 e. The summed E-state index contributed by atoms with van der Waals surface area (Å²) in [6, 6.07) is 4.45. The van der Waals surface area contributed by atoms with Crippen LogP contribution in [0.15, 0.2) is 23.1 Å². The Balaban J connectivity index is 0.00000364. The average molecular weight is 422 g/mol. The SMILES string of the molecule is CCOc1ccc(S(=O)(=O)NCC(=O)N2CCNC[C@H]2C)cc1OCC.Cl. The molecule has 1 aromatic carbocycles. The van der Waals surface area contributed by atoms with Crippen molar-refractivity contribution in [3.63, 3.8) is 0 Å². The smallest absolute Gasteiger partial charge is 0.241 e. The molecule has 1 amide bonds. The molecule has 10 heteroatoms. The normalized spacial score (nSPS) is 17.1. The second kappa shape index (κ2) is 10.7. The van der Waals surface area contributed by atoms with Crippen LogP contribution >= 0.6 is 12.4 Å². The third kappa shape index (κ3) is 6.24. The summed E-state index contributed by atoms with van der Waals surface area (Å²) in [5.74, 6) is 0.608. The van der Waals surface area contributed by atoms with Crippen molar-refractivity contribution in [2.24, 2.45) is 0 Å². The number of benzene rings is 1. The van der Waals surface area contributed by atoms with E-state index >= 15 is 0 Å². The number of carbonyl (C=O) groups excluding carboxylic acids is 1. The molecule has 2 N–H and O–H groups in total. The summed E-state index contributed by atoms with van der Waals surface area (Å²) in [5.41, 5.74) is 0. The minimum absolute atomic E-state index is 0. The highest BCUT2D eigenvalue weighted by Crippen LogP contribution is 2.30. The number of hydrogen-bond donors (Lipinski definition) is 2. The fraction of sp³-hybridized carbons (Fsp3) is 0.588. The summed E-state index contributed by atoms with van der Waals surface area (Å²) in [6.45, 7) is 8.11. The van der Waals surface area contributed by atoms with E-state index < -0.39 is 10.0 Å². The van der Waals surface area contributed by atoms with E-state index in [1.54, 1.807) is 11.0 Å². The Morgan fingerprint density at radius 1 is 1.26 bits per heavy atom. The summed E-state index contributed by atoms with van der Waals surface area (Å²) in [6.07, 6.45) is 0. The Labute approximate surface area is 167 Å². The number of amides is 1. The van der Waals surface area contributed by atoms with E-state index in [-0.39, 0.29) is 35.8 Å². The summed E-state index contributed by atoms with van der Waals surface area (Å²) in [4.78, 5) is 14.0. The number of rotatable bonds is 8. The van der Waals surface area contributed by atoms with Gasteiger partial charge in [-0.25, -0.2) is 13.1 Å². The van der Waals surface area contributed by atoms with E-state index in [9.17, 15) is 13.2 Å². The summed E-state index contributed by atoms with van der Waals surface area (Å²) < 4.78 is 38.4. The Kier molecular flexibility index (Phi) is 9.31. The molecule has 1 aromatic rings. The number of carbonyl (C=O) groups is 1. The van der Waals surface area contributed by atoms with Gasteiger partial charge in [-0.05, 0) is 32.9 Å². The molecule has 0 radical (unpaired) electrons. The fourth-order valence-corrected chi connectivity index (χ4v) is 3.74. The second-order valence-electron chi connectivity index (χ2n) is 5.94. The molecule has 1 aliphatic heterocycles. The van der Waals surface area contributed by atoms with Gasteiger partial charge in [0.25, 0.3) is 0 Å². The maximum Gasteiger partial charge on any atom is 0.241 e. The maximum absolute atomic E-state index is 12.5. The van der Waals surface area contributed by atoms with Gasteiger partial charge in [-0.15, -0.1) is 12.4 Å². The lowest BCUT2D eigenvalue weighted by Crippen LogP contribution is -2.54. The zero-order valence-corrected chi connectivity index (χ0v) is 17.5. The summed E-state index contributed by atoms with van der Waals surface area (Å²) >= 11 is 0. The maximum atomic E-state index is 12.5. The lowest BCUT2D eigenvalue weighted by Gasteiger charge is -2.34. The minimum atomic E-state index is -3.83. The van der Waals surface area contributed by atoms with Crippen molar-refractivity contribution in [1.29, 1.82) is 0 Å². The lowest BCUT2D eigenvalue weighted by atomic mass is 10.2. The molecule has 0 unspecified atom stereocenters. The van der Waals surface area contributed by atoms with E-state index in [1.807, 2.05) is 20.8 Å². The molecule has 2 rings (SSSR count). The highest BCUT2D eigenvalue weighted by Gasteiger charge is 2.25. The van der Waals surface area contributed by atoms with Gasteiger partial charge in [0.15, 0.2) is 11.5 Å². The molecule has 1 fully saturated rings. The van der Waals surface area contributed by atoms with Crippen LogP contribution in [0.5, 0.6) is 11.5 Å². The van der Waals surface area contributed by atoms with Gasteiger partial charge in [-0.3, -0.25) is 4.79 Å². The second-order valence-corrected chi connectivity index (χ2v) is 7.71. The van der Waals surface area contributed by atoms with Crippen molar-refractivity contribution in [1.82, 2.24) is 14.9 Å². The zero-order chi connectivity index (χ0) is 19.2. The first-order chi connectivity index (χ1) is 12.4. The van der Waals surface area contributed by atoms with Crippen molar-refractivity contribution in [2.45, 2.75) is 31.7 Å². The van der Waals surface area contributed by atoms with E-state index in [0.29, 0.717) is 44.3 Å². The van der Waals surface area contributed by atoms with E-state index in [0.717, 1.165) is 0 Å². The highest BCUT2D eigenvalue weighted by molar-refractivity contribution is 7.89. The number of nitrogens with one attached hydrogen (secondary N) is 2. The predicted molar refractivity (Wildman–Crippen MR) is 105 cm³/mol. The average Bonchev–Trinajstić information content (AvgIpc) is 2.62. The summed E-state index contributed by atoms with van der Waals surface area (Å²) in [5, 5.41) is 3.19. The predicted octanol–water partition coefficient (Wildman–Crippen LogP) is 1.00. The zero-order valence-electron chi connectivity index (χ0n) is 15.9. The van der Waals surface area contributed by atoms with Gasteiger partial charge in [0.05, 0.1) is 24.7 Å². The quantitative estimate of drug-likeness (QED) is 0.650. The van der Waals surface area contributed by atoms with Gasteiger partial charge >= 0.3 is 0 Å². The number of sulfonamides is 1. The van der Waals surface area contributed by atoms with Crippen LogP contribution in [0.1, 0.15) is 20.8 Å². The molecule has 0 bridgehead atoms. The molecule has 8 nitrogen and oxygen atoms in total. The molecule has 0 saturated carbocycles. The molecule has 1 atom stereocenters. The highest BCUT2D eigenvalue weighted by atomic mass is 35.5. The molecular weight excluding hydrogens is 394 g/mol. The third-order valence-corrected chi connectivity index (χ3v) is 5.46. The van der Waals surface area contributed by atoms with Gasteiger partial charge in [0.2, 0.25) is 15.9 Å². The van der Waals surface area contributed by atoms with Gasteiger partial charge < -0.3 is 19.7 Å². The molecule has 1 heterocycles. The number of piperazine rings is 1. The van der Waals surface area contributed by atoms with Crippen molar-refractivity contribution in [3.8, 4) is 11.5 Å². The first-order valence-corrected chi connectivity index (χ1v) is 10.3. The molecule has 0 spiro atoms. The van der Waals surface area contributed by atoms with Crippen LogP contribution in [0.25, 0.3) is 0 Å². The van der Waals surface area contributed by atoms with Crippen molar-refractivity contribution >= 4 is 28.3 Å². The standard InChI is InChI=1S/C17H27N3O5S.ClH/c1-4-24-15-7-6-14(10-16(15)25-5-2)26(22,23)19-12-17(21)20-9-8-18-11-13(20)3;/h6-7,10,13,18-19H,4-5,8-9,11-12H2,1-3H3;1H/t13-;/m1./s1. The van der Waals surface area contributed by atoms with Crippen LogP contribution in [0.2, 0.25) is 0 Å². The number of hydrogen-bond acceptors (Lipinski definition) is 6. The van der Waals surface area contributed by atoms with E-state index in [2.05, 4.69) is 10.0 Å². The molecule has 154 valence electrons. The summed E-state index contributed by atoms with van der Waals surface area (Å²) in [7, 11) is -3.83. The number of halogens is 1. The molecular formula is C17H28ClN3O5S. The van der Waals surface area contributed by atoms with Gasteiger partial charge in [0, 0.05) is 31.7 Å². The molecule has 27 heavy (non-hydrogen) atoms. The van der Waals surface area contributed by atoms with E-state index in [1.165, 1.54) is 12.1 Å². The van der Waals surface area contributed by atoms with Crippen LogP contribution in [-0.4, -0.2) is 64.7 Å².